The van der Waals surface area contributed by atoms with Crippen molar-refractivity contribution >= 4 is 33.2 Å². The van der Waals surface area contributed by atoms with Crippen molar-refractivity contribution in [1.29, 1.82) is 0 Å². The van der Waals surface area contributed by atoms with E-state index in [2.05, 4.69) is 10.2 Å². The highest BCUT2D eigenvalue weighted by molar-refractivity contribution is 7.89. The lowest BCUT2D eigenvalue weighted by Crippen LogP contribution is -2.47. The van der Waals surface area contributed by atoms with Gasteiger partial charge < -0.3 is 10.2 Å². The average Bonchev–Trinajstić information content (AvgIpc) is 2.66. The molecule has 144 valence electrons. The molecule has 3 rings (SSSR count). The van der Waals surface area contributed by atoms with Gasteiger partial charge in [-0.3, -0.25) is 4.79 Å². The predicted octanol–water partition coefficient (Wildman–Crippen LogP) is 2.84. The van der Waals surface area contributed by atoms with Gasteiger partial charge in [0.1, 0.15) is 0 Å². The molecule has 0 aliphatic carbocycles. The van der Waals surface area contributed by atoms with Crippen LogP contribution in [-0.4, -0.2) is 56.8 Å². The lowest BCUT2D eigenvalue weighted by atomic mass is 10.1. The lowest BCUT2D eigenvalue weighted by molar-refractivity contribution is 0.102. The van der Waals surface area contributed by atoms with E-state index in [-0.39, 0.29) is 16.4 Å². The first-order valence-electron chi connectivity index (χ1n) is 8.64. The van der Waals surface area contributed by atoms with Gasteiger partial charge in [-0.25, -0.2) is 8.42 Å². The van der Waals surface area contributed by atoms with Gasteiger partial charge in [0, 0.05) is 42.5 Å². The molecule has 0 bridgehead atoms. The molecule has 1 amide bonds. The third-order valence-electron chi connectivity index (χ3n) is 4.71. The summed E-state index contributed by atoms with van der Waals surface area (Å²) in [6, 6.07) is 11.4. The minimum atomic E-state index is -3.62. The Morgan fingerprint density at radius 3 is 2.44 bits per heavy atom. The fourth-order valence-electron chi connectivity index (χ4n) is 2.91. The molecular formula is C19H22ClN3O3S. The molecule has 1 aliphatic heterocycles. The summed E-state index contributed by atoms with van der Waals surface area (Å²) in [5.41, 5.74) is 1.64. The fraction of sp³-hybridized carbons (Fsp3) is 0.316. The van der Waals surface area contributed by atoms with E-state index in [9.17, 15) is 13.2 Å². The van der Waals surface area contributed by atoms with E-state index in [0.29, 0.717) is 36.9 Å². The molecular weight excluding hydrogens is 386 g/mol. The van der Waals surface area contributed by atoms with Crippen LogP contribution in [-0.2, 0) is 10.0 Å². The van der Waals surface area contributed by atoms with Crippen LogP contribution in [0.3, 0.4) is 0 Å². The molecule has 0 radical (unpaired) electrons. The van der Waals surface area contributed by atoms with Gasteiger partial charge in [-0.05, 0) is 49.9 Å². The summed E-state index contributed by atoms with van der Waals surface area (Å²) in [5, 5.41) is 3.35. The zero-order valence-corrected chi connectivity index (χ0v) is 16.8. The molecule has 0 saturated carbocycles. The molecule has 1 fully saturated rings. The van der Waals surface area contributed by atoms with Crippen LogP contribution in [0.4, 0.5) is 5.69 Å². The van der Waals surface area contributed by atoms with Crippen LogP contribution in [0.5, 0.6) is 0 Å². The maximum absolute atomic E-state index is 12.9. The van der Waals surface area contributed by atoms with Crippen LogP contribution in [0.1, 0.15) is 15.9 Å². The van der Waals surface area contributed by atoms with Crippen molar-refractivity contribution in [3.63, 3.8) is 0 Å². The van der Waals surface area contributed by atoms with Crippen LogP contribution >= 0.6 is 11.6 Å². The minimum absolute atomic E-state index is 0.127. The van der Waals surface area contributed by atoms with Gasteiger partial charge in [0.05, 0.1) is 4.90 Å². The Kier molecular flexibility index (Phi) is 5.86. The highest BCUT2D eigenvalue weighted by atomic mass is 35.5. The maximum atomic E-state index is 12.9. The number of anilines is 1. The first kappa shape index (κ1) is 19.8. The highest BCUT2D eigenvalue weighted by Crippen LogP contribution is 2.24. The Labute approximate surface area is 164 Å². The number of halogens is 1. The summed E-state index contributed by atoms with van der Waals surface area (Å²) in [4.78, 5) is 14.8. The predicted molar refractivity (Wildman–Crippen MR) is 107 cm³/mol. The molecule has 8 heteroatoms. The smallest absolute Gasteiger partial charge is 0.255 e. The number of benzene rings is 2. The van der Waals surface area contributed by atoms with Crippen molar-refractivity contribution < 1.29 is 13.2 Å². The van der Waals surface area contributed by atoms with Gasteiger partial charge in [0.2, 0.25) is 10.0 Å². The Bertz CT molecular complexity index is 954. The number of nitrogens with one attached hydrogen (secondary N) is 1. The summed E-state index contributed by atoms with van der Waals surface area (Å²) >= 11 is 6.09. The van der Waals surface area contributed by atoms with E-state index in [4.69, 9.17) is 11.6 Å². The molecule has 1 saturated heterocycles. The summed E-state index contributed by atoms with van der Waals surface area (Å²) in [7, 11) is -1.66. The van der Waals surface area contributed by atoms with E-state index >= 15 is 0 Å². The number of carbonyl (C=O) groups is 1. The average molecular weight is 408 g/mol. The molecule has 27 heavy (non-hydrogen) atoms. The van der Waals surface area contributed by atoms with Gasteiger partial charge in [-0.1, -0.05) is 23.7 Å². The van der Waals surface area contributed by atoms with Crippen LogP contribution in [0, 0.1) is 6.92 Å². The van der Waals surface area contributed by atoms with E-state index in [1.807, 2.05) is 14.0 Å². The molecule has 0 atom stereocenters. The third-order valence-corrected chi connectivity index (χ3v) is 7.02. The van der Waals surface area contributed by atoms with Crippen molar-refractivity contribution in [2.75, 3.05) is 38.5 Å². The van der Waals surface area contributed by atoms with Gasteiger partial charge in [0.15, 0.2) is 0 Å². The summed E-state index contributed by atoms with van der Waals surface area (Å²) in [6.07, 6.45) is 0. The lowest BCUT2D eigenvalue weighted by Gasteiger charge is -2.31. The van der Waals surface area contributed by atoms with E-state index < -0.39 is 10.0 Å². The van der Waals surface area contributed by atoms with Crippen molar-refractivity contribution in [1.82, 2.24) is 9.21 Å². The summed E-state index contributed by atoms with van der Waals surface area (Å²) in [5.74, 6) is -0.379. The highest BCUT2D eigenvalue weighted by Gasteiger charge is 2.28. The van der Waals surface area contributed by atoms with Crippen LogP contribution in [0.2, 0.25) is 5.02 Å². The van der Waals surface area contributed by atoms with E-state index in [0.717, 1.165) is 5.56 Å². The molecule has 6 nitrogen and oxygen atoms in total. The number of sulfonamides is 1. The first-order chi connectivity index (χ1) is 12.8. The Balaban J connectivity index is 1.82. The van der Waals surface area contributed by atoms with Gasteiger partial charge in [-0.15, -0.1) is 0 Å². The zero-order chi connectivity index (χ0) is 19.6. The monoisotopic (exact) mass is 407 g/mol. The largest absolute Gasteiger partial charge is 0.322 e. The Morgan fingerprint density at radius 1 is 1.07 bits per heavy atom. The molecule has 1 heterocycles. The van der Waals surface area contributed by atoms with E-state index in [1.165, 1.54) is 16.4 Å². The normalized spacial score (nSPS) is 16.3. The van der Waals surface area contributed by atoms with Crippen molar-refractivity contribution in [2.45, 2.75) is 11.8 Å². The van der Waals surface area contributed by atoms with Crippen LogP contribution < -0.4 is 5.32 Å². The first-order valence-corrected chi connectivity index (χ1v) is 10.5. The van der Waals surface area contributed by atoms with E-state index in [1.54, 1.807) is 30.3 Å². The summed E-state index contributed by atoms with van der Waals surface area (Å²) in [6.45, 7) is 4.07. The number of hydrogen-bond acceptors (Lipinski definition) is 4. The molecule has 0 aromatic heterocycles. The molecule has 2 aromatic carbocycles. The maximum Gasteiger partial charge on any atom is 0.255 e. The van der Waals surface area contributed by atoms with Crippen molar-refractivity contribution in [3.8, 4) is 0 Å². The van der Waals surface area contributed by atoms with Crippen LogP contribution in [0.25, 0.3) is 0 Å². The number of amides is 1. The SMILES string of the molecule is Cc1c(Cl)cccc1NC(=O)c1cccc(S(=O)(=O)N2CCN(C)CC2)c1. The second-order valence-electron chi connectivity index (χ2n) is 6.60. The molecule has 2 aromatic rings. The Hall–Kier alpha value is -1.93. The quantitative estimate of drug-likeness (QED) is 0.846. The topological polar surface area (TPSA) is 69.7 Å². The van der Waals surface area contributed by atoms with Crippen LogP contribution in [0.15, 0.2) is 47.4 Å². The van der Waals surface area contributed by atoms with Gasteiger partial charge in [-0.2, -0.15) is 4.31 Å². The second kappa shape index (κ2) is 7.98. The number of hydrogen-bond donors (Lipinski definition) is 1. The molecule has 1 N–H and O–H groups in total. The molecule has 0 unspecified atom stereocenters. The molecule has 0 spiro atoms. The summed E-state index contributed by atoms with van der Waals surface area (Å²) < 4.78 is 27.2. The van der Waals surface area contributed by atoms with Gasteiger partial charge >= 0.3 is 0 Å². The minimum Gasteiger partial charge on any atom is -0.322 e. The van der Waals surface area contributed by atoms with Crippen molar-refractivity contribution in [3.05, 3.63) is 58.6 Å². The van der Waals surface area contributed by atoms with Gasteiger partial charge in [0.25, 0.3) is 5.91 Å². The standard InChI is InChI=1S/C19H22ClN3O3S/c1-14-17(20)7-4-8-18(14)21-19(24)15-5-3-6-16(13-15)27(25,26)23-11-9-22(2)10-12-23/h3-8,13H,9-12H2,1-2H3,(H,21,24). The number of likely N-dealkylation sites (N-methyl/N-ethyl adjacent to an activating group) is 1. The number of piperazine rings is 1. The molecule has 1 aliphatic rings. The van der Waals surface area contributed by atoms with Crippen molar-refractivity contribution in [2.24, 2.45) is 0 Å². The zero-order valence-electron chi connectivity index (χ0n) is 15.3. The third kappa shape index (κ3) is 4.32. The Morgan fingerprint density at radius 2 is 1.74 bits per heavy atom. The number of carbonyl (C=O) groups excluding carboxylic acids is 1. The number of rotatable bonds is 4. The number of nitrogens with zero attached hydrogens (tertiary/aromatic N) is 2. The second-order valence-corrected chi connectivity index (χ2v) is 8.95. The fourth-order valence-corrected chi connectivity index (χ4v) is 4.56.